The Bertz CT molecular complexity index is 695. The molecule has 2 rings (SSSR count). The van der Waals surface area contributed by atoms with Gasteiger partial charge in [-0.2, -0.15) is 10.4 Å². The van der Waals surface area contributed by atoms with E-state index in [1.807, 2.05) is 43.1 Å². The Kier molecular flexibility index (Phi) is 4.57. The van der Waals surface area contributed by atoms with E-state index >= 15 is 0 Å². The minimum absolute atomic E-state index is 0.127. The molecule has 2 aromatic rings. The van der Waals surface area contributed by atoms with Crippen molar-refractivity contribution < 1.29 is 0 Å². The summed E-state index contributed by atoms with van der Waals surface area (Å²) >= 11 is 2.26. The third-order valence-corrected chi connectivity index (χ3v) is 4.35. The number of aromatic nitrogens is 2. The molecule has 0 amide bonds. The van der Waals surface area contributed by atoms with Gasteiger partial charge in [0, 0.05) is 18.4 Å². The Balaban J connectivity index is 2.17. The zero-order chi connectivity index (χ0) is 15.6. The first-order valence-electron chi connectivity index (χ1n) is 6.80. The zero-order valence-corrected chi connectivity index (χ0v) is 14.9. The second-order valence-electron chi connectivity index (χ2n) is 5.79. The summed E-state index contributed by atoms with van der Waals surface area (Å²) in [7, 11) is 0. The summed E-state index contributed by atoms with van der Waals surface area (Å²) in [5.41, 5.74) is 3.84. The average molecular weight is 394 g/mol. The number of anilines is 1. The van der Waals surface area contributed by atoms with Crippen LogP contribution in [0.1, 0.15) is 30.5 Å². The number of nitrogens with one attached hydrogen (secondary N) is 1. The third-order valence-electron chi connectivity index (χ3n) is 3.79. The smallest absolute Gasteiger partial charge is 0.0994 e. The standard InChI is InChI=1S/C16H19IN4/c1-11-12(2)15(6-5-13(11)7-18)19-10-16(3,4)21-9-14(17)8-20-21/h5-6,8-9,19H,10H2,1-4H3. The molecule has 0 saturated carbocycles. The number of nitriles is 1. The third kappa shape index (κ3) is 3.38. The highest BCUT2D eigenvalue weighted by Crippen LogP contribution is 2.23. The second-order valence-corrected chi connectivity index (χ2v) is 7.04. The lowest BCUT2D eigenvalue weighted by Crippen LogP contribution is -2.35. The van der Waals surface area contributed by atoms with Crippen LogP contribution in [0.3, 0.4) is 0 Å². The molecule has 0 aliphatic heterocycles. The Morgan fingerprint density at radius 2 is 2.05 bits per heavy atom. The van der Waals surface area contributed by atoms with Crippen LogP contribution in [0.4, 0.5) is 5.69 Å². The van der Waals surface area contributed by atoms with Gasteiger partial charge in [0.2, 0.25) is 0 Å². The summed E-state index contributed by atoms with van der Waals surface area (Å²) in [5, 5.41) is 16.9. The number of hydrogen-bond donors (Lipinski definition) is 1. The number of hydrogen-bond acceptors (Lipinski definition) is 3. The van der Waals surface area contributed by atoms with Gasteiger partial charge in [0.1, 0.15) is 0 Å². The van der Waals surface area contributed by atoms with Gasteiger partial charge in [-0.25, -0.2) is 0 Å². The molecule has 5 heteroatoms. The van der Waals surface area contributed by atoms with E-state index in [1.165, 1.54) is 0 Å². The summed E-state index contributed by atoms with van der Waals surface area (Å²) in [6, 6.07) is 6.07. The molecule has 1 aromatic carbocycles. The molecule has 0 radical (unpaired) electrons. The minimum atomic E-state index is -0.127. The van der Waals surface area contributed by atoms with E-state index in [-0.39, 0.29) is 5.54 Å². The van der Waals surface area contributed by atoms with Gasteiger partial charge in [-0.3, -0.25) is 4.68 Å². The summed E-state index contributed by atoms with van der Waals surface area (Å²) < 4.78 is 3.11. The summed E-state index contributed by atoms with van der Waals surface area (Å²) in [4.78, 5) is 0. The highest BCUT2D eigenvalue weighted by molar-refractivity contribution is 14.1. The lowest BCUT2D eigenvalue weighted by Gasteiger charge is -2.27. The lowest BCUT2D eigenvalue weighted by molar-refractivity contribution is 0.339. The molecular weight excluding hydrogens is 375 g/mol. The Morgan fingerprint density at radius 3 is 2.62 bits per heavy atom. The van der Waals surface area contributed by atoms with Crippen LogP contribution in [0, 0.1) is 28.7 Å². The van der Waals surface area contributed by atoms with Crippen molar-refractivity contribution in [3.8, 4) is 6.07 Å². The van der Waals surface area contributed by atoms with E-state index in [4.69, 9.17) is 5.26 Å². The van der Waals surface area contributed by atoms with Crippen molar-refractivity contribution in [1.29, 1.82) is 5.26 Å². The Labute approximate surface area is 139 Å². The van der Waals surface area contributed by atoms with Crippen LogP contribution in [0.15, 0.2) is 24.5 Å². The number of rotatable bonds is 4. The van der Waals surface area contributed by atoms with Crippen molar-refractivity contribution in [2.75, 3.05) is 11.9 Å². The van der Waals surface area contributed by atoms with Gasteiger partial charge in [0.25, 0.3) is 0 Å². The van der Waals surface area contributed by atoms with Crippen LogP contribution in [0.25, 0.3) is 0 Å². The maximum Gasteiger partial charge on any atom is 0.0994 e. The highest BCUT2D eigenvalue weighted by atomic mass is 127. The number of nitrogens with zero attached hydrogens (tertiary/aromatic N) is 3. The Hall–Kier alpha value is -1.55. The monoisotopic (exact) mass is 394 g/mol. The van der Waals surface area contributed by atoms with Crippen molar-refractivity contribution in [3.05, 3.63) is 44.8 Å². The van der Waals surface area contributed by atoms with E-state index in [0.717, 1.165) is 32.5 Å². The first kappa shape index (κ1) is 15.8. The van der Waals surface area contributed by atoms with Crippen LogP contribution in [-0.4, -0.2) is 16.3 Å². The van der Waals surface area contributed by atoms with Crippen LogP contribution in [0.2, 0.25) is 0 Å². The topological polar surface area (TPSA) is 53.6 Å². The summed E-state index contributed by atoms with van der Waals surface area (Å²) in [6.07, 6.45) is 3.90. The van der Waals surface area contributed by atoms with Crippen LogP contribution < -0.4 is 5.32 Å². The van der Waals surface area contributed by atoms with Crippen molar-refractivity contribution in [2.45, 2.75) is 33.2 Å². The van der Waals surface area contributed by atoms with Crippen molar-refractivity contribution in [1.82, 2.24) is 9.78 Å². The van der Waals surface area contributed by atoms with Crippen LogP contribution in [0.5, 0.6) is 0 Å². The summed E-state index contributed by atoms with van der Waals surface area (Å²) in [6.45, 7) is 9.09. The SMILES string of the molecule is Cc1c(C#N)ccc(NCC(C)(C)n2cc(I)cn2)c1C. The zero-order valence-electron chi connectivity index (χ0n) is 12.7. The molecule has 0 bridgehead atoms. The molecule has 0 atom stereocenters. The quantitative estimate of drug-likeness (QED) is 0.803. The molecule has 0 aliphatic carbocycles. The van der Waals surface area contributed by atoms with Gasteiger partial charge < -0.3 is 5.32 Å². The van der Waals surface area contributed by atoms with Gasteiger partial charge >= 0.3 is 0 Å². The maximum absolute atomic E-state index is 9.06. The van der Waals surface area contributed by atoms with E-state index in [0.29, 0.717) is 0 Å². The molecule has 1 N–H and O–H groups in total. The number of benzene rings is 1. The van der Waals surface area contributed by atoms with Gasteiger partial charge in [0.05, 0.1) is 26.9 Å². The highest BCUT2D eigenvalue weighted by Gasteiger charge is 2.21. The maximum atomic E-state index is 9.06. The van der Waals surface area contributed by atoms with Crippen LogP contribution in [-0.2, 0) is 5.54 Å². The molecule has 0 fully saturated rings. The van der Waals surface area contributed by atoms with Crippen molar-refractivity contribution >= 4 is 28.3 Å². The molecule has 4 nitrogen and oxygen atoms in total. The Morgan fingerprint density at radius 1 is 1.33 bits per heavy atom. The fourth-order valence-corrected chi connectivity index (χ4v) is 2.55. The second kappa shape index (κ2) is 6.06. The first-order valence-corrected chi connectivity index (χ1v) is 7.88. The molecule has 1 heterocycles. The summed E-state index contributed by atoms with van der Waals surface area (Å²) in [5.74, 6) is 0. The molecule has 110 valence electrons. The fourth-order valence-electron chi connectivity index (χ4n) is 2.16. The predicted molar refractivity (Wildman–Crippen MR) is 93.4 cm³/mol. The first-order chi connectivity index (χ1) is 9.85. The number of halogens is 1. The predicted octanol–water partition coefficient (Wildman–Crippen LogP) is 3.82. The molecular formula is C16H19IN4. The van der Waals surface area contributed by atoms with E-state index < -0.39 is 0 Å². The molecule has 21 heavy (non-hydrogen) atoms. The van der Waals surface area contributed by atoms with E-state index in [1.54, 1.807) is 0 Å². The normalized spacial score (nSPS) is 11.2. The van der Waals surface area contributed by atoms with Gasteiger partial charge in [0.15, 0.2) is 0 Å². The molecule has 0 saturated heterocycles. The van der Waals surface area contributed by atoms with E-state index in [2.05, 4.69) is 52.9 Å². The molecule has 1 aromatic heterocycles. The van der Waals surface area contributed by atoms with Gasteiger partial charge in [-0.05, 0) is 73.5 Å². The largest absolute Gasteiger partial charge is 0.382 e. The molecule has 0 unspecified atom stereocenters. The van der Waals surface area contributed by atoms with Crippen molar-refractivity contribution in [3.63, 3.8) is 0 Å². The van der Waals surface area contributed by atoms with Gasteiger partial charge in [-0.1, -0.05) is 0 Å². The minimum Gasteiger partial charge on any atom is -0.382 e. The average Bonchev–Trinajstić information content (AvgIpc) is 2.88. The van der Waals surface area contributed by atoms with Crippen molar-refractivity contribution in [2.24, 2.45) is 0 Å². The van der Waals surface area contributed by atoms with E-state index in [9.17, 15) is 0 Å². The molecule has 0 aliphatic rings. The lowest BCUT2D eigenvalue weighted by atomic mass is 10.0. The molecule has 0 spiro atoms. The van der Waals surface area contributed by atoms with Gasteiger partial charge in [-0.15, -0.1) is 0 Å². The fraction of sp³-hybridized carbons (Fsp3) is 0.375. The van der Waals surface area contributed by atoms with Crippen LogP contribution >= 0.6 is 22.6 Å².